The first-order chi connectivity index (χ1) is 10.2. The van der Waals surface area contributed by atoms with Gasteiger partial charge in [-0.15, -0.1) is 11.3 Å². The van der Waals surface area contributed by atoms with Gasteiger partial charge in [0, 0.05) is 17.0 Å². The minimum atomic E-state index is -1.27. The van der Waals surface area contributed by atoms with Crippen molar-refractivity contribution < 1.29 is 19.1 Å². The number of rotatable bonds is 5. The number of amides is 1. The molecule has 0 unspecified atom stereocenters. The zero-order valence-corrected chi connectivity index (χ0v) is 12.3. The quantitative estimate of drug-likeness (QED) is 0.882. The highest BCUT2D eigenvalue weighted by atomic mass is 32.1. The molecule has 3 rings (SSSR count). The number of hydrogen-bond acceptors (Lipinski definition) is 5. The first-order valence-corrected chi connectivity index (χ1v) is 7.72. The third-order valence-corrected chi connectivity index (χ3v) is 4.77. The average molecular weight is 307 g/mol. The standard InChI is InChI=1S/C15H17NO4S/c17-14(11-3-5-19-8-11)16-10-15(18,12-4-6-20-9-12)13-2-1-7-21-13/h1-2,4,6-7,9,11,18H,3,5,8,10H2,(H,16,17)/t11-,15-/m0/s1. The number of hydrogen-bond donors (Lipinski definition) is 2. The van der Waals surface area contributed by atoms with Gasteiger partial charge in [-0.3, -0.25) is 4.79 Å². The minimum Gasteiger partial charge on any atom is -0.472 e. The maximum absolute atomic E-state index is 12.1. The Bertz CT molecular complexity index is 539. The van der Waals surface area contributed by atoms with E-state index in [9.17, 15) is 9.90 Å². The predicted octanol–water partition coefficient (Wildman–Crippen LogP) is 1.73. The highest BCUT2D eigenvalue weighted by Crippen LogP contribution is 2.32. The molecule has 1 amide bonds. The molecule has 0 saturated carbocycles. The molecular formula is C15H17NO4S. The fourth-order valence-corrected chi connectivity index (χ4v) is 3.29. The van der Waals surface area contributed by atoms with Gasteiger partial charge in [-0.1, -0.05) is 6.07 Å². The lowest BCUT2D eigenvalue weighted by Gasteiger charge is -2.27. The summed E-state index contributed by atoms with van der Waals surface area (Å²) in [5.74, 6) is -0.201. The number of nitrogens with one attached hydrogen (secondary N) is 1. The summed E-state index contributed by atoms with van der Waals surface area (Å²) in [6, 6.07) is 5.44. The van der Waals surface area contributed by atoms with E-state index in [2.05, 4.69) is 5.32 Å². The SMILES string of the molecule is O=C(NC[C@](O)(c1ccoc1)c1cccs1)[C@H]1CCOC1. The Labute approximate surface area is 126 Å². The van der Waals surface area contributed by atoms with Crippen LogP contribution < -0.4 is 5.32 Å². The van der Waals surface area contributed by atoms with Crippen molar-refractivity contribution in [3.63, 3.8) is 0 Å². The van der Waals surface area contributed by atoms with Gasteiger partial charge in [-0.25, -0.2) is 0 Å². The second-order valence-corrected chi connectivity index (χ2v) is 6.08. The highest BCUT2D eigenvalue weighted by Gasteiger charge is 2.35. The molecular weight excluding hydrogens is 290 g/mol. The Balaban J connectivity index is 1.76. The topological polar surface area (TPSA) is 71.7 Å². The summed E-state index contributed by atoms with van der Waals surface area (Å²) in [6.45, 7) is 1.19. The number of thiophene rings is 1. The second kappa shape index (κ2) is 6.01. The maximum Gasteiger partial charge on any atom is 0.225 e. The molecule has 1 fully saturated rings. The van der Waals surface area contributed by atoms with Gasteiger partial charge in [-0.05, 0) is 23.9 Å². The van der Waals surface area contributed by atoms with Crippen LogP contribution in [-0.2, 0) is 15.1 Å². The molecule has 1 aliphatic heterocycles. The van der Waals surface area contributed by atoms with Crippen molar-refractivity contribution in [2.24, 2.45) is 5.92 Å². The van der Waals surface area contributed by atoms with E-state index in [1.54, 1.807) is 6.07 Å². The maximum atomic E-state index is 12.1. The molecule has 0 aromatic carbocycles. The fraction of sp³-hybridized carbons (Fsp3) is 0.400. The van der Waals surface area contributed by atoms with Crippen LogP contribution in [0.1, 0.15) is 16.9 Å². The Morgan fingerprint density at radius 3 is 3.05 bits per heavy atom. The van der Waals surface area contributed by atoms with Crippen molar-refractivity contribution in [2.45, 2.75) is 12.0 Å². The third-order valence-electron chi connectivity index (χ3n) is 3.75. The van der Waals surface area contributed by atoms with E-state index in [1.165, 1.54) is 23.9 Å². The average Bonchev–Trinajstić information content (AvgIpc) is 3.27. The second-order valence-electron chi connectivity index (χ2n) is 5.13. The predicted molar refractivity (Wildman–Crippen MR) is 78.0 cm³/mol. The monoisotopic (exact) mass is 307 g/mol. The van der Waals surface area contributed by atoms with Crippen LogP contribution in [0.4, 0.5) is 0 Å². The number of aliphatic hydroxyl groups is 1. The van der Waals surface area contributed by atoms with E-state index in [0.29, 0.717) is 18.8 Å². The van der Waals surface area contributed by atoms with Gasteiger partial charge in [0.2, 0.25) is 5.91 Å². The summed E-state index contributed by atoms with van der Waals surface area (Å²) >= 11 is 1.44. The Morgan fingerprint density at radius 1 is 1.52 bits per heavy atom. The van der Waals surface area contributed by atoms with Crippen LogP contribution >= 0.6 is 11.3 Å². The van der Waals surface area contributed by atoms with E-state index >= 15 is 0 Å². The Kier molecular flexibility index (Phi) is 4.10. The van der Waals surface area contributed by atoms with Crippen molar-refractivity contribution in [3.8, 4) is 0 Å². The van der Waals surface area contributed by atoms with Crippen LogP contribution in [-0.4, -0.2) is 30.8 Å². The molecule has 21 heavy (non-hydrogen) atoms. The molecule has 2 N–H and O–H groups in total. The van der Waals surface area contributed by atoms with Crippen LogP contribution in [0, 0.1) is 5.92 Å². The summed E-state index contributed by atoms with van der Waals surface area (Å²) in [7, 11) is 0. The summed E-state index contributed by atoms with van der Waals surface area (Å²) < 4.78 is 10.3. The van der Waals surface area contributed by atoms with Crippen molar-refractivity contribution in [1.29, 1.82) is 0 Å². The largest absolute Gasteiger partial charge is 0.472 e. The first-order valence-electron chi connectivity index (χ1n) is 6.84. The van der Waals surface area contributed by atoms with Crippen LogP contribution in [0.2, 0.25) is 0 Å². The normalized spacial score (nSPS) is 21.1. The van der Waals surface area contributed by atoms with Gasteiger partial charge in [0.05, 0.1) is 31.6 Å². The van der Waals surface area contributed by atoms with Crippen molar-refractivity contribution in [1.82, 2.24) is 5.32 Å². The van der Waals surface area contributed by atoms with Crippen LogP contribution in [0.5, 0.6) is 0 Å². The molecule has 1 saturated heterocycles. The summed E-state index contributed by atoms with van der Waals surface area (Å²) in [5.41, 5.74) is -0.635. The van der Waals surface area contributed by atoms with Crippen molar-refractivity contribution in [2.75, 3.05) is 19.8 Å². The third kappa shape index (κ3) is 2.88. The van der Waals surface area contributed by atoms with Gasteiger partial charge in [0.15, 0.2) is 0 Å². The van der Waals surface area contributed by atoms with Gasteiger partial charge in [0.1, 0.15) is 5.60 Å². The van der Waals surface area contributed by atoms with Gasteiger partial charge in [0.25, 0.3) is 0 Å². The summed E-state index contributed by atoms with van der Waals surface area (Å²) in [4.78, 5) is 12.9. The fourth-order valence-electron chi connectivity index (χ4n) is 2.45. The van der Waals surface area contributed by atoms with Gasteiger partial charge >= 0.3 is 0 Å². The molecule has 2 aromatic rings. The zero-order valence-electron chi connectivity index (χ0n) is 11.5. The molecule has 2 aromatic heterocycles. The van der Waals surface area contributed by atoms with Crippen molar-refractivity contribution in [3.05, 3.63) is 46.5 Å². The molecule has 5 nitrogen and oxygen atoms in total. The molecule has 0 aliphatic carbocycles. The molecule has 2 atom stereocenters. The summed E-state index contributed by atoms with van der Waals surface area (Å²) in [6.07, 6.45) is 3.75. The molecule has 0 radical (unpaired) electrons. The minimum absolute atomic E-state index is 0.0778. The van der Waals surface area contributed by atoms with Crippen molar-refractivity contribution >= 4 is 17.2 Å². The molecule has 1 aliphatic rings. The van der Waals surface area contributed by atoms with Gasteiger partial charge in [-0.2, -0.15) is 0 Å². The van der Waals surface area contributed by atoms with E-state index in [-0.39, 0.29) is 18.4 Å². The number of carbonyl (C=O) groups excluding carboxylic acids is 1. The van der Waals surface area contributed by atoms with Crippen LogP contribution in [0.15, 0.2) is 40.5 Å². The molecule has 6 heteroatoms. The van der Waals surface area contributed by atoms with E-state index in [1.807, 2.05) is 17.5 Å². The lowest BCUT2D eigenvalue weighted by molar-refractivity contribution is -0.125. The highest BCUT2D eigenvalue weighted by molar-refractivity contribution is 7.10. The zero-order chi connectivity index (χ0) is 14.7. The lowest BCUT2D eigenvalue weighted by atomic mass is 9.94. The van der Waals surface area contributed by atoms with Crippen LogP contribution in [0.25, 0.3) is 0 Å². The number of ether oxygens (including phenoxy) is 1. The Morgan fingerprint density at radius 2 is 2.43 bits per heavy atom. The van der Waals surface area contributed by atoms with Gasteiger partial charge < -0.3 is 19.6 Å². The molecule has 3 heterocycles. The smallest absolute Gasteiger partial charge is 0.225 e. The van der Waals surface area contributed by atoms with E-state index in [4.69, 9.17) is 9.15 Å². The van der Waals surface area contributed by atoms with E-state index in [0.717, 1.165) is 11.3 Å². The van der Waals surface area contributed by atoms with Crippen LogP contribution in [0.3, 0.4) is 0 Å². The first kappa shape index (κ1) is 14.3. The number of carbonyl (C=O) groups is 1. The lowest BCUT2D eigenvalue weighted by Crippen LogP contribution is -2.43. The molecule has 0 spiro atoms. The molecule has 112 valence electrons. The molecule has 0 bridgehead atoms. The number of furan rings is 1. The summed E-state index contributed by atoms with van der Waals surface area (Å²) in [5, 5.41) is 15.8. The van der Waals surface area contributed by atoms with E-state index < -0.39 is 5.60 Å². The Hall–Kier alpha value is -1.63.